The Balaban J connectivity index is 1.35. The van der Waals surface area contributed by atoms with Crippen molar-refractivity contribution >= 4 is 11.9 Å². The molecule has 10 heteroatoms. The molecule has 2 fully saturated rings. The second-order valence-electron chi connectivity index (χ2n) is 9.41. The van der Waals surface area contributed by atoms with E-state index in [1.54, 1.807) is 13.0 Å². The Hall–Kier alpha value is -3.27. The van der Waals surface area contributed by atoms with Gasteiger partial charge in [-0.2, -0.15) is 5.10 Å². The van der Waals surface area contributed by atoms with Gasteiger partial charge in [-0.1, -0.05) is 25.0 Å². The summed E-state index contributed by atoms with van der Waals surface area (Å²) in [7, 11) is 0. The van der Waals surface area contributed by atoms with Gasteiger partial charge in [0.1, 0.15) is 23.3 Å². The summed E-state index contributed by atoms with van der Waals surface area (Å²) < 4.78 is 40.6. The van der Waals surface area contributed by atoms with Crippen LogP contribution in [0.2, 0.25) is 0 Å². The van der Waals surface area contributed by atoms with Gasteiger partial charge in [0, 0.05) is 6.92 Å². The summed E-state index contributed by atoms with van der Waals surface area (Å²) >= 11 is 0. The second-order valence-corrected chi connectivity index (χ2v) is 9.41. The van der Waals surface area contributed by atoms with E-state index in [1.807, 2.05) is 6.92 Å². The van der Waals surface area contributed by atoms with E-state index in [9.17, 15) is 13.6 Å². The second kappa shape index (κ2) is 7.36. The molecular formula is C24H23F2N5O3. The first-order chi connectivity index (χ1) is 16.3. The lowest BCUT2D eigenvalue weighted by atomic mass is 9.73. The Kier molecular flexibility index (Phi) is 4.61. The Bertz CT molecular complexity index is 1290. The highest BCUT2D eigenvalue weighted by Gasteiger charge is 2.73. The number of carbonyl (C=O) groups excluding carboxylic acids is 1. The summed E-state index contributed by atoms with van der Waals surface area (Å²) in [5.41, 5.74) is 0.769. The molecule has 7 rings (SSSR count). The Labute approximate surface area is 194 Å². The monoisotopic (exact) mass is 467 g/mol. The van der Waals surface area contributed by atoms with Gasteiger partial charge in [-0.25, -0.2) is 8.78 Å². The zero-order chi connectivity index (χ0) is 23.8. The van der Waals surface area contributed by atoms with Crippen LogP contribution in [0, 0.1) is 36.3 Å². The molecule has 6 atom stereocenters. The van der Waals surface area contributed by atoms with Gasteiger partial charge in [-0.05, 0) is 60.3 Å². The topological polar surface area (TPSA) is 103 Å². The van der Waals surface area contributed by atoms with Crippen LogP contribution in [0.1, 0.15) is 49.8 Å². The van der Waals surface area contributed by atoms with Crippen molar-refractivity contribution < 1.29 is 22.7 Å². The number of aryl methyl sites for hydroxylation is 1. The minimum Gasteiger partial charge on any atom is -0.408 e. The number of ether oxygens (including phenoxy) is 1. The lowest BCUT2D eigenvalue weighted by molar-refractivity contribution is -0.159. The van der Waals surface area contributed by atoms with E-state index in [0.717, 1.165) is 12.0 Å². The van der Waals surface area contributed by atoms with Crippen LogP contribution in [0.3, 0.4) is 0 Å². The van der Waals surface area contributed by atoms with Crippen LogP contribution < -0.4 is 5.32 Å². The number of carbonyl (C=O) groups is 1. The summed E-state index contributed by atoms with van der Waals surface area (Å²) in [6.45, 7) is 5.62. The van der Waals surface area contributed by atoms with Crippen LogP contribution in [0.15, 0.2) is 28.7 Å². The molecule has 0 spiro atoms. The van der Waals surface area contributed by atoms with Crippen molar-refractivity contribution in [1.82, 2.24) is 20.4 Å². The Morgan fingerprint density at radius 1 is 1.26 bits per heavy atom. The molecule has 8 nitrogen and oxygen atoms in total. The lowest BCUT2D eigenvalue weighted by Crippen LogP contribution is -2.46. The van der Waals surface area contributed by atoms with Crippen LogP contribution in [0.5, 0.6) is 0 Å². The van der Waals surface area contributed by atoms with Crippen LogP contribution in [-0.2, 0) is 15.1 Å². The highest BCUT2D eigenvalue weighted by molar-refractivity contribution is 5.92. The first-order valence-electron chi connectivity index (χ1n) is 11.4. The van der Waals surface area contributed by atoms with E-state index >= 15 is 0 Å². The number of aromatic nitrogens is 4. The van der Waals surface area contributed by atoms with E-state index < -0.39 is 23.3 Å². The number of hydrogen-bond donors (Lipinski definition) is 1. The zero-order valence-electron chi connectivity index (χ0n) is 18.9. The highest BCUT2D eigenvalue weighted by atomic mass is 19.1. The first-order valence-corrected chi connectivity index (χ1v) is 11.4. The molecule has 34 heavy (non-hydrogen) atoms. The highest BCUT2D eigenvalue weighted by Crippen LogP contribution is 2.76. The minimum atomic E-state index is -0.790. The summed E-state index contributed by atoms with van der Waals surface area (Å²) in [6.07, 6.45) is 0.386. The van der Waals surface area contributed by atoms with Crippen molar-refractivity contribution in [3.05, 3.63) is 53.0 Å². The summed E-state index contributed by atoms with van der Waals surface area (Å²) in [5.74, 6) is -0.213. The lowest BCUT2D eigenvalue weighted by Gasteiger charge is -2.43. The molecular weight excluding hydrogens is 444 g/mol. The van der Waals surface area contributed by atoms with E-state index in [-0.39, 0.29) is 35.0 Å². The average Bonchev–Trinajstić information content (AvgIpc) is 3.28. The van der Waals surface area contributed by atoms with Crippen LogP contribution in [0.25, 0.3) is 11.3 Å². The van der Waals surface area contributed by atoms with Crippen molar-refractivity contribution in [3.8, 4) is 11.3 Å². The molecule has 3 aromatic rings. The van der Waals surface area contributed by atoms with Crippen molar-refractivity contribution in [1.29, 1.82) is 0 Å². The molecule has 0 aliphatic heterocycles. The van der Waals surface area contributed by atoms with Gasteiger partial charge < -0.3 is 9.15 Å². The molecule has 4 aliphatic rings. The van der Waals surface area contributed by atoms with Gasteiger partial charge in [0.25, 0.3) is 5.91 Å². The summed E-state index contributed by atoms with van der Waals surface area (Å²) in [5, 5.41) is 18.8. The minimum absolute atomic E-state index is 0.0184. The number of anilines is 1. The Morgan fingerprint density at radius 3 is 2.65 bits per heavy atom. The van der Waals surface area contributed by atoms with Crippen LogP contribution in [-0.4, -0.2) is 32.4 Å². The van der Waals surface area contributed by atoms with Crippen molar-refractivity contribution in [2.75, 3.05) is 5.32 Å². The number of rotatable bonds is 6. The molecule has 2 unspecified atom stereocenters. The van der Waals surface area contributed by atoms with Gasteiger partial charge in [-0.3, -0.25) is 10.1 Å². The molecule has 1 N–H and O–H groups in total. The molecule has 0 radical (unpaired) electrons. The van der Waals surface area contributed by atoms with Crippen molar-refractivity contribution in [2.45, 2.75) is 51.2 Å². The average molecular weight is 467 g/mol. The van der Waals surface area contributed by atoms with Crippen molar-refractivity contribution in [2.24, 2.45) is 17.8 Å². The molecule has 176 valence electrons. The van der Waals surface area contributed by atoms with E-state index in [0.29, 0.717) is 29.8 Å². The molecule has 4 bridgehead atoms. The third kappa shape index (κ3) is 2.94. The normalized spacial score (nSPS) is 29.0. The molecule has 2 aromatic heterocycles. The van der Waals surface area contributed by atoms with Crippen LogP contribution in [0.4, 0.5) is 14.8 Å². The van der Waals surface area contributed by atoms with Gasteiger partial charge in [0.15, 0.2) is 0 Å². The molecule has 4 aliphatic carbocycles. The maximum Gasteiger partial charge on any atom is 0.322 e. The summed E-state index contributed by atoms with van der Waals surface area (Å²) in [4.78, 5) is 13.0. The number of amides is 1. The fourth-order valence-corrected chi connectivity index (χ4v) is 6.12. The quantitative estimate of drug-likeness (QED) is 0.582. The van der Waals surface area contributed by atoms with Gasteiger partial charge >= 0.3 is 6.01 Å². The molecule has 1 amide bonds. The predicted octanol–water partition coefficient (Wildman–Crippen LogP) is 4.13. The number of nitrogens with zero attached hydrogens (tertiary/aromatic N) is 4. The third-order valence-corrected chi connectivity index (χ3v) is 7.66. The molecule has 2 heterocycles. The standard InChI is InChI=1S/C24H23F2N5O3/c1-4-17(22(32)27-23-31-28-11(3)33-23)34-24-9-13-18(10(24)2)19(13)12-8-16(29-30-21(12)24)20-14(25)6-5-7-15(20)26/h5-8,10,13,17-19H,4,9H2,1-3H3,(H,27,31,32)/t10-,13?,17+,18?,19+,24+/m0/s1. The number of halogens is 2. The smallest absolute Gasteiger partial charge is 0.322 e. The Morgan fingerprint density at radius 2 is 2.03 bits per heavy atom. The molecule has 2 saturated carbocycles. The fourth-order valence-electron chi connectivity index (χ4n) is 6.12. The van der Waals surface area contributed by atoms with E-state index in [1.165, 1.54) is 18.2 Å². The molecule has 0 saturated heterocycles. The van der Waals surface area contributed by atoms with Crippen molar-refractivity contribution in [3.63, 3.8) is 0 Å². The summed E-state index contributed by atoms with van der Waals surface area (Å²) in [6, 6.07) is 5.50. The number of nitrogens with one attached hydrogen (secondary N) is 1. The maximum absolute atomic E-state index is 14.4. The predicted molar refractivity (Wildman–Crippen MR) is 115 cm³/mol. The van der Waals surface area contributed by atoms with Gasteiger partial charge in [-0.15, -0.1) is 10.2 Å². The first kappa shape index (κ1) is 21.3. The largest absolute Gasteiger partial charge is 0.408 e. The maximum atomic E-state index is 14.4. The van der Waals surface area contributed by atoms with Gasteiger partial charge in [0.05, 0.1) is 17.0 Å². The third-order valence-electron chi connectivity index (χ3n) is 7.66. The fraction of sp³-hybridized carbons (Fsp3) is 0.458. The van der Waals surface area contributed by atoms with E-state index in [2.05, 4.69) is 32.6 Å². The van der Waals surface area contributed by atoms with Gasteiger partial charge in [0.2, 0.25) is 5.89 Å². The zero-order valence-corrected chi connectivity index (χ0v) is 18.9. The SMILES string of the molecule is CC[C@@H](O[C@@]12CC3C([C@@H]3c3cc(-c4c(F)cccc4F)nnc31)[C@@H]2C)C(=O)Nc1nnc(C)o1. The number of hydrogen-bond acceptors (Lipinski definition) is 7. The number of benzene rings is 1. The van der Waals surface area contributed by atoms with Crippen LogP contribution >= 0.6 is 0 Å². The molecule has 1 aromatic carbocycles. The van der Waals surface area contributed by atoms with E-state index in [4.69, 9.17) is 9.15 Å².